The third-order valence-corrected chi connectivity index (χ3v) is 3.25. The topological polar surface area (TPSA) is 18.5 Å². The van der Waals surface area contributed by atoms with Crippen molar-refractivity contribution >= 4 is 26.1 Å². The standard InChI is InChI=1S/C6H7ClO2Se/c1-8-4-3-10-6(7)5(4)9-2/h3H,1-2H3. The monoisotopic (exact) mass is 226 g/mol. The van der Waals surface area contributed by atoms with Crippen LogP contribution in [-0.4, -0.2) is 28.7 Å². The zero-order chi connectivity index (χ0) is 7.56. The van der Waals surface area contributed by atoms with Crippen LogP contribution < -0.4 is 9.47 Å². The summed E-state index contributed by atoms with van der Waals surface area (Å²) in [5, 5.41) is 0. The molecule has 0 aliphatic rings. The van der Waals surface area contributed by atoms with Gasteiger partial charge in [0, 0.05) is 0 Å². The molecule has 0 N–H and O–H groups in total. The Labute approximate surface area is 70.4 Å². The zero-order valence-corrected chi connectivity index (χ0v) is 8.15. The van der Waals surface area contributed by atoms with Gasteiger partial charge < -0.3 is 0 Å². The quantitative estimate of drug-likeness (QED) is 0.709. The van der Waals surface area contributed by atoms with Gasteiger partial charge in [-0.15, -0.1) is 0 Å². The average molecular weight is 226 g/mol. The van der Waals surface area contributed by atoms with Crippen molar-refractivity contribution in [1.29, 1.82) is 0 Å². The van der Waals surface area contributed by atoms with E-state index in [4.69, 9.17) is 21.1 Å². The minimum atomic E-state index is 0.207. The Bertz CT molecular complexity index is 222. The van der Waals surface area contributed by atoms with Crippen molar-refractivity contribution in [2.75, 3.05) is 14.2 Å². The summed E-state index contributed by atoms with van der Waals surface area (Å²) in [5.41, 5.74) is 0. The van der Waals surface area contributed by atoms with Crippen LogP contribution in [0, 0.1) is 0 Å². The predicted molar refractivity (Wildman–Crippen MR) is 41.5 cm³/mol. The Morgan fingerprint density at radius 1 is 1.40 bits per heavy atom. The SMILES string of the molecule is COc1c[se]c(Cl)c1OC. The molecule has 0 spiro atoms. The summed E-state index contributed by atoms with van der Waals surface area (Å²) in [7, 11) is 3.20. The van der Waals surface area contributed by atoms with E-state index < -0.39 is 0 Å². The van der Waals surface area contributed by atoms with Gasteiger partial charge in [-0.3, -0.25) is 0 Å². The van der Waals surface area contributed by atoms with Crippen molar-refractivity contribution in [3.8, 4) is 11.5 Å². The van der Waals surface area contributed by atoms with Gasteiger partial charge in [-0.25, -0.2) is 0 Å². The van der Waals surface area contributed by atoms with E-state index >= 15 is 0 Å². The van der Waals surface area contributed by atoms with Gasteiger partial charge >= 0.3 is 70.1 Å². The van der Waals surface area contributed by atoms with E-state index in [-0.39, 0.29) is 14.5 Å². The first kappa shape index (κ1) is 7.99. The molecule has 0 unspecified atom stereocenters. The molecule has 1 aromatic rings. The zero-order valence-electron chi connectivity index (χ0n) is 5.68. The Kier molecular flexibility index (Phi) is 2.66. The molecule has 4 heteroatoms. The average Bonchev–Trinajstić information content (AvgIpc) is 2.30. The van der Waals surface area contributed by atoms with Gasteiger partial charge in [-0.2, -0.15) is 0 Å². The van der Waals surface area contributed by atoms with Crippen LogP contribution in [0.5, 0.6) is 11.5 Å². The Morgan fingerprint density at radius 2 is 2.10 bits per heavy atom. The normalized spacial score (nSPS) is 9.50. The van der Waals surface area contributed by atoms with E-state index in [0.717, 1.165) is 9.65 Å². The predicted octanol–water partition coefficient (Wildman–Crippen LogP) is 1.41. The van der Waals surface area contributed by atoms with E-state index in [1.165, 1.54) is 0 Å². The van der Waals surface area contributed by atoms with Crippen molar-refractivity contribution < 1.29 is 9.47 Å². The third-order valence-electron chi connectivity index (χ3n) is 1.10. The molecule has 0 fully saturated rings. The maximum absolute atomic E-state index is 5.80. The van der Waals surface area contributed by atoms with Crippen LogP contribution >= 0.6 is 11.6 Å². The van der Waals surface area contributed by atoms with E-state index in [2.05, 4.69) is 0 Å². The molecule has 0 aromatic carbocycles. The summed E-state index contributed by atoms with van der Waals surface area (Å²) < 4.78 is 10.8. The summed E-state index contributed by atoms with van der Waals surface area (Å²) in [4.78, 5) is 1.95. The van der Waals surface area contributed by atoms with Crippen LogP contribution in [0.4, 0.5) is 0 Å². The number of hydrogen-bond donors (Lipinski definition) is 0. The summed E-state index contributed by atoms with van der Waals surface area (Å²) in [6.07, 6.45) is 0. The van der Waals surface area contributed by atoms with Gasteiger partial charge in [-0.05, 0) is 0 Å². The molecule has 0 amide bonds. The van der Waals surface area contributed by atoms with Gasteiger partial charge in [0.25, 0.3) is 0 Å². The molecule has 2 nitrogen and oxygen atoms in total. The molecule has 1 aromatic heterocycles. The molecule has 1 rings (SSSR count). The molecule has 0 aliphatic carbocycles. The summed E-state index contributed by atoms with van der Waals surface area (Å²) in [5.74, 6) is 1.44. The number of halogens is 1. The van der Waals surface area contributed by atoms with Crippen molar-refractivity contribution in [2.24, 2.45) is 0 Å². The Hall–Kier alpha value is -0.111. The van der Waals surface area contributed by atoms with Gasteiger partial charge in [-0.1, -0.05) is 0 Å². The second-order valence-corrected chi connectivity index (χ2v) is 4.34. The van der Waals surface area contributed by atoms with Crippen molar-refractivity contribution in [3.63, 3.8) is 0 Å². The van der Waals surface area contributed by atoms with E-state index in [9.17, 15) is 0 Å². The van der Waals surface area contributed by atoms with Crippen molar-refractivity contribution in [1.82, 2.24) is 0 Å². The molecular weight excluding hydrogens is 218 g/mol. The molecule has 0 radical (unpaired) electrons. The number of methoxy groups -OCH3 is 2. The molecule has 56 valence electrons. The Morgan fingerprint density at radius 3 is 2.50 bits per heavy atom. The molecule has 0 bridgehead atoms. The fraction of sp³-hybridized carbons (Fsp3) is 0.333. The van der Waals surface area contributed by atoms with E-state index in [0.29, 0.717) is 5.75 Å². The van der Waals surface area contributed by atoms with Crippen molar-refractivity contribution in [3.05, 3.63) is 8.84 Å². The summed E-state index contributed by atoms with van der Waals surface area (Å²) >= 11 is 6.01. The number of hydrogen-bond acceptors (Lipinski definition) is 2. The second-order valence-electron chi connectivity index (χ2n) is 1.61. The van der Waals surface area contributed by atoms with E-state index in [1.807, 2.05) is 4.94 Å². The van der Waals surface area contributed by atoms with Crippen LogP contribution in [-0.2, 0) is 0 Å². The van der Waals surface area contributed by atoms with Crippen LogP contribution in [0.15, 0.2) is 4.94 Å². The van der Waals surface area contributed by atoms with Gasteiger partial charge in [0.1, 0.15) is 0 Å². The first-order chi connectivity index (χ1) is 4.79. The molecule has 10 heavy (non-hydrogen) atoms. The van der Waals surface area contributed by atoms with Gasteiger partial charge in [0.05, 0.1) is 0 Å². The molecule has 0 atom stereocenters. The van der Waals surface area contributed by atoms with Gasteiger partial charge in [0.2, 0.25) is 0 Å². The van der Waals surface area contributed by atoms with Crippen LogP contribution in [0.1, 0.15) is 0 Å². The molecule has 0 saturated heterocycles. The molecular formula is C6H7ClO2Se. The maximum atomic E-state index is 5.80. The summed E-state index contributed by atoms with van der Waals surface area (Å²) in [6.45, 7) is 0. The first-order valence-corrected chi connectivity index (χ1v) is 4.87. The van der Waals surface area contributed by atoms with E-state index in [1.54, 1.807) is 14.2 Å². The second kappa shape index (κ2) is 3.33. The third kappa shape index (κ3) is 1.31. The number of ether oxygens (including phenoxy) is 2. The fourth-order valence-electron chi connectivity index (χ4n) is 0.631. The fourth-order valence-corrected chi connectivity index (χ4v) is 2.51. The van der Waals surface area contributed by atoms with Crippen LogP contribution in [0.2, 0.25) is 3.90 Å². The van der Waals surface area contributed by atoms with Gasteiger partial charge in [0.15, 0.2) is 0 Å². The molecule has 0 aliphatic heterocycles. The molecule has 1 heterocycles. The minimum absolute atomic E-state index is 0.207. The number of rotatable bonds is 2. The first-order valence-electron chi connectivity index (χ1n) is 2.64. The summed E-state index contributed by atoms with van der Waals surface area (Å²) in [6, 6.07) is 0. The van der Waals surface area contributed by atoms with Crippen molar-refractivity contribution in [2.45, 2.75) is 0 Å². The van der Waals surface area contributed by atoms with Crippen LogP contribution in [0.3, 0.4) is 0 Å². The van der Waals surface area contributed by atoms with Crippen LogP contribution in [0.25, 0.3) is 0 Å². The molecule has 0 saturated carbocycles. The Balaban J connectivity index is 3.01.